The third kappa shape index (κ3) is 3.26. The van der Waals surface area contributed by atoms with Gasteiger partial charge in [-0.3, -0.25) is 9.59 Å². The molecule has 0 fully saturated rings. The molecule has 2 aromatic rings. The number of fused-ring (bicyclic) bond motifs is 1. The fourth-order valence-corrected chi connectivity index (χ4v) is 1.95. The number of halogens is 3. The zero-order chi connectivity index (χ0) is 17.3. The molecule has 0 unspecified atom stereocenters. The Bertz CT molecular complexity index is 806. The van der Waals surface area contributed by atoms with E-state index in [1.54, 1.807) is 0 Å². The van der Waals surface area contributed by atoms with E-state index in [2.05, 4.69) is 20.6 Å². The second kappa shape index (κ2) is 5.80. The Hall–Kier alpha value is -3.17. The van der Waals surface area contributed by atoms with E-state index in [1.807, 2.05) is 0 Å². The van der Waals surface area contributed by atoms with Crippen LogP contribution >= 0.6 is 0 Å². The van der Waals surface area contributed by atoms with Crippen LogP contribution in [0.1, 0.15) is 16.2 Å². The molecule has 1 aromatic heterocycles. The molecule has 1 aliphatic rings. The van der Waals surface area contributed by atoms with Crippen molar-refractivity contribution in [2.45, 2.75) is 6.18 Å². The zero-order valence-corrected chi connectivity index (χ0v) is 11.8. The predicted molar refractivity (Wildman–Crippen MR) is 75.6 cm³/mol. The van der Waals surface area contributed by atoms with Gasteiger partial charge in [0.2, 0.25) is 5.82 Å². The van der Waals surface area contributed by atoms with Crippen molar-refractivity contribution < 1.29 is 27.5 Å². The number of carbonyl (C=O) groups is 2. The van der Waals surface area contributed by atoms with Crippen LogP contribution in [-0.4, -0.2) is 28.4 Å². The fraction of sp³-hybridized carbons (Fsp3) is 0.143. The van der Waals surface area contributed by atoms with Crippen LogP contribution in [0.15, 0.2) is 30.6 Å². The molecule has 1 aromatic carbocycles. The third-order valence-electron chi connectivity index (χ3n) is 3.04. The van der Waals surface area contributed by atoms with Gasteiger partial charge in [-0.2, -0.15) is 13.2 Å². The lowest BCUT2D eigenvalue weighted by Gasteiger charge is -2.18. The molecule has 3 rings (SSSR count). The SMILES string of the molecule is O=C1COc2cc(NC(=O)c3cnc(C(F)(F)F)nc3)ccc2N1. The molecule has 24 heavy (non-hydrogen) atoms. The number of hydrogen-bond donors (Lipinski definition) is 2. The van der Waals surface area contributed by atoms with Gasteiger partial charge in [0.1, 0.15) is 5.75 Å². The summed E-state index contributed by atoms with van der Waals surface area (Å²) in [5.41, 5.74) is 0.673. The summed E-state index contributed by atoms with van der Waals surface area (Å²) in [6, 6.07) is 4.53. The standard InChI is InChI=1S/C14H9F3N4O3/c15-14(16,17)13-18-4-7(5-19-13)12(23)20-8-1-2-9-10(3-8)24-6-11(22)21-9/h1-5H,6H2,(H,20,23)(H,21,22). The van der Waals surface area contributed by atoms with Crippen molar-refractivity contribution in [3.05, 3.63) is 42.0 Å². The number of hydrogen-bond acceptors (Lipinski definition) is 5. The molecule has 2 amide bonds. The average Bonchev–Trinajstić information content (AvgIpc) is 2.54. The lowest BCUT2D eigenvalue weighted by molar-refractivity contribution is -0.145. The topological polar surface area (TPSA) is 93.2 Å². The minimum absolute atomic E-state index is 0.130. The zero-order valence-electron chi connectivity index (χ0n) is 11.8. The van der Waals surface area contributed by atoms with Crippen LogP contribution in [0.4, 0.5) is 24.5 Å². The molecule has 7 nitrogen and oxygen atoms in total. The van der Waals surface area contributed by atoms with Crippen LogP contribution in [0.5, 0.6) is 5.75 Å². The first kappa shape index (κ1) is 15.7. The summed E-state index contributed by atoms with van der Waals surface area (Å²) in [4.78, 5) is 29.4. The quantitative estimate of drug-likeness (QED) is 0.874. The van der Waals surface area contributed by atoms with Gasteiger partial charge in [0.05, 0.1) is 11.3 Å². The highest BCUT2D eigenvalue weighted by Gasteiger charge is 2.34. The van der Waals surface area contributed by atoms with E-state index in [0.29, 0.717) is 17.1 Å². The van der Waals surface area contributed by atoms with Crippen LogP contribution in [0, 0.1) is 0 Å². The van der Waals surface area contributed by atoms with Gasteiger partial charge < -0.3 is 15.4 Å². The van der Waals surface area contributed by atoms with Gasteiger partial charge in [-0.1, -0.05) is 0 Å². The van der Waals surface area contributed by atoms with Crippen LogP contribution in [-0.2, 0) is 11.0 Å². The number of amides is 2. The molecule has 1 aliphatic heterocycles. The Labute approximate surface area is 132 Å². The maximum Gasteiger partial charge on any atom is 0.451 e. The second-order valence-corrected chi connectivity index (χ2v) is 4.80. The van der Waals surface area contributed by atoms with E-state index in [9.17, 15) is 22.8 Å². The Morgan fingerprint density at radius 1 is 1.25 bits per heavy atom. The third-order valence-corrected chi connectivity index (χ3v) is 3.04. The van der Waals surface area contributed by atoms with Crippen molar-refractivity contribution in [1.82, 2.24) is 9.97 Å². The van der Waals surface area contributed by atoms with E-state index in [0.717, 1.165) is 12.4 Å². The number of alkyl halides is 3. The number of aromatic nitrogens is 2. The first-order valence-electron chi connectivity index (χ1n) is 6.60. The lowest BCUT2D eigenvalue weighted by atomic mass is 10.2. The van der Waals surface area contributed by atoms with E-state index in [4.69, 9.17) is 4.74 Å². The van der Waals surface area contributed by atoms with Crippen molar-refractivity contribution in [3.63, 3.8) is 0 Å². The molecule has 0 atom stereocenters. The number of nitrogens with one attached hydrogen (secondary N) is 2. The average molecular weight is 338 g/mol. The molecule has 10 heteroatoms. The molecule has 2 N–H and O–H groups in total. The first-order valence-corrected chi connectivity index (χ1v) is 6.60. The molecule has 0 spiro atoms. The van der Waals surface area contributed by atoms with Gasteiger partial charge in [0, 0.05) is 24.1 Å². The Morgan fingerprint density at radius 3 is 2.62 bits per heavy atom. The smallest absolute Gasteiger partial charge is 0.451 e. The number of ether oxygens (including phenoxy) is 1. The highest BCUT2D eigenvalue weighted by Crippen LogP contribution is 2.30. The monoisotopic (exact) mass is 338 g/mol. The summed E-state index contributed by atoms with van der Waals surface area (Å²) in [6.07, 6.45) is -3.09. The van der Waals surface area contributed by atoms with Gasteiger partial charge in [-0.15, -0.1) is 0 Å². The summed E-state index contributed by atoms with van der Waals surface area (Å²) in [5.74, 6) is -1.92. The summed E-state index contributed by atoms with van der Waals surface area (Å²) < 4.78 is 42.4. The van der Waals surface area contributed by atoms with Gasteiger partial charge in [-0.25, -0.2) is 9.97 Å². The van der Waals surface area contributed by atoms with Crippen LogP contribution in [0.2, 0.25) is 0 Å². The molecule has 0 bridgehead atoms. The summed E-state index contributed by atoms with van der Waals surface area (Å²) in [7, 11) is 0. The van der Waals surface area contributed by atoms with Crippen LogP contribution in [0.3, 0.4) is 0 Å². The summed E-state index contributed by atoms with van der Waals surface area (Å²) in [6.45, 7) is -0.142. The van der Waals surface area contributed by atoms with Crippen LogP contribution in [0.25, 0.3) is 0 Å². The molecule has 0 saturated heterocycles. The molecule has 0 radical (unpaired) electrons. The maximum atomic E-state index is 12.4. The molecular formula is C14H9F3N4O3. The number of benzene rings is 1. The van der Waals surface area contributed by atoms with E-state index in [1.165, 1.54) is 18.2 Å². The second-order valence-electron chi connectivity index (χ2n) is 4.80. The largest absolute Gasteiger partial charge is 0.482 e. The number of carbonyl (C=O) groups excluding carboxylic acids is 2. The molecule has 0 aliphatic carbocycles. The Balaban J connectivity index is 1.74. The maximum absolute atomic E-state index is 12.4. The number of nitrogens with zero attached hydrogens (tertiary/aromatic N) is 2. The summed E-state index contributed by atoms with van der Waals surface area (Å²) in [5, 5.41) is 5.07. The molecule has 124 valence electrons. The normalized spacial score (nSPS) is 13.5. The van der Waals surface area contributed by atoms with Crippen molar-refractivity contribution in [1.29, 1.82) is 0 Å². The molecular weight excluding hydrogens is 329 g/mol. The minimum atomic E-state index is -4.67. The Morgan fingerprint density at radius 2 is 1.96 bits per heavy atom. The number of anilines is 2. The van der Waals surface area contributed by atoms with Crippen molar-refractivity contribution in [3.8, 4) is 5.75 Å². The fourth-order valence-electron chi connectivity index (χ4n) is 1.95. The summed E-state index contributed by atoms with van der Waals surface area (Å²) >= 11 is 0. The Kier molecular flexibility index (Phi) is 3.80. The van der Waals surface area contributed by atoms with Crippen LogP contribution < -0.4 is 15.4 Å². The number of rotatable bonds is 2. The lowest BCUT2D eigenvalue weighted by Crippen LogP contribution is -2.25. The predicted octanol–water partition coefficient (Wildman–Crippen LogP) is 2.08. The van der Waals surface area contributed by atoms with Gasteiger partial charge in [-0.05, 0) is 12.1 Å². The van der Waals surface area contributed by atoms with Crippen molar-refractivity contribution in [2.75, 3.05) is 17.2 Å². The van der Waals surface area contributed by atoms with E-state index in [-0.39, 0.29) is 18.1 Å². The molecule has 2 heterocycles. The van der Waals surface area contributed by atoms with Gasteiger partial charge in [0.15, 0.2) is 6.61 Å². The van der Waals surface area contributed by atoms with E-state index >= 15 is 0 Å². The van der Waals surface area contributed by atoms with Crippen molar-refractivity contribution in [2.24, 2.45) is 0 Å². The molecule has 0 saturated carbocycles. The van der Waals surface area contributed by atoms with E-state index < -0.39 is 17.9 Å². The van der Waals surface area contributed by atoms with Gasteiger partial charge >= 0.3 is 6.18 Å². The highest BCUT2D eigenvalue weighted by molar-refractivity contribution is 6.04. The van der Waals surface area contributed by atoms with Gasteiger partial charge in [0.25, 0.3) is 11.8 Å². The highest BCUT2D eigenvalue weighted by atomic mass is 19.4. The van der Waals surface area contributed by atoms with Crippen molar-refractivity contribution >= 4 is 23.2 Å². The minimum Gasteiger partial charge on any atom is -0.482 e. The first-order chi connectivity index (χ1) is 11.3.